The van der Waals surface area contributed by atoms with E-state index >= 15 is 0 Å². The Morgan fingerprint density at radius 3 is 2.25 bits per heavy atom. The van der Waals surface area contributed by atoms with Crippen LogP contribution in [0.1, 0.15) is 6.92 Å². The molecule has 0 spiro atoms. The summed E-state index contributed by atoms with van der Waals surface area (Å²) in [7, 11) is 0.216. The van der Waals surface area contributed by atoms with Crippen molar-refractivity contribution in [3.8, 4) is 17.2 Å². The Balaban J connectivity index is 2.22. The third-order valence-corrected chi connectivity index (χ3v) is 5.60. The van der Waals surface area contributed by atoms with E-state index < -0.39 is 22.0 Å². The van der Waals surface area contributed by atoms with Gasteiger partial charge in [0.25, 0.3) is 0 Å². The SMILES string of the molecule is COc1ccc(OC)c(NC(=O)[C@@H](C)NS(=O)(=O)c2cc(Cl)ccc2OC)c1. The molecule has 8 nitrogen and oxygen atoms in total. The van der Waals surface area contributed by atoms with Crippen LogP contribution in [0.4, 0.5) is 5.69 Å². The number of hydrogen-bond donors (Lipinski definition) is 2. The smallest absolute Gasteiger partial charge is 0.245 e. The minimum atomic E-state index is -4.07. The lowest BCUT2D eigenvalue weighted by atomic mass is 10.2. The van der Waals surface area contributed by atoms with Gasteiger partial charge in [0.2, 0.25) is 15.9 Å². The predicted molar refractivity (Wildman–Crippen MR) is 106 cm³/mol. The van der Waals surface area contributed by atoms with E-state index in [1.54, 1.807) is 18.2 Å². The molecule has 28 heavy (non-hydrogen) atoms. The normalized spacial score (nSPS) is 12.2. The van der Waals surface area contributed by atoms with Crippen molar-refractivity contribution in [2.24, 2.45) is 0 Å². The van der Waals surface area contributed by atoms with Crippen LogP contribution in [0.5, 0.6) is 17.2 Å². The molecule has 0 aliphatic carbocycles. The van der Waals surface area contributed by atoms with E-state index in [0.29, 0.717) is 17.2 Å². The third-order valence-electron chi connectivity index (χ3n) is 3.80. The van der Waals surface area contributed by atoms with Gasteiger partial charge in [-0.05, 0) is 37.3 Å². The van der Waals surface area contributed by atoms with Crippen molar-refractivity contribution >= 4 is 33.2 Å². The van der Waals surface area contributed by atoms with Crippen molar-refractivity contribution in [2.45, 2.75) is 17.9 Å². The average molecular weight is 429 g/mol. The number of halogens is 1. The molecule has 2 N–H and O–H groups in total. The molecule has 2 rings (SSSR count). The zero-order valence-corrected chi connectivity index (χ0v) is 17.3. The topological polar surface area (TPSA) is 103 Å². The lowest BCUT2D eigenvalue weighted by molar-refractivity contribution is -0.117. The van der Waals surface area contributed by atoms with Crippen molar-refractivity contribution < 1.29 is 27.4 Å². The largest absolute Gasteiger partial charge is 0.497 e. The third kappa shape index (κ3) is 5.06. The first kappa shape index (κ1) is 21.8. The number of rotatable bonds is 8. The summed E-state index contributed by atoms with van der Waals surface area (Å²) in [5.74, 6) is 0.434. The van der Waals surface area contributed by atoms with Gasteiger partial charge in [0, 0.05) is 11.1 Å². The van der Waals surface area contributed by atoms with Gasteiger partial charge in [-0.15, -0.1) is 0 Å². The number of sulfonamides is 1. The minimum Gasteiger partial charge on any atom is -0.497 e. The molecule has 10 heteroatoms. The monoisotopic (exact) mass is 428 g/mol. The Labute approximate surface area is 168 Å². The Morgan fingerprint density at radius 2 is 1.64 bits per heavy atom. The number of anilines is 1. The average Bonchev–Trinajstić information content (AvgIpc) is 2.67. The van der Waals surface area contributed by atoms with Crippen molar-refractivity contribution in [1.82, 2.24) is 4.72 Å². The molecule has 0 fully saturated rings. The quantitative estimate of drug-likeness (QED) is 0.670. The van der Waals surface area contributed by atoms with Crippen molar-refractivity contribution in [3.05, 3.63) is 41.4 Å². The van der Waals surface area contributed by atoms with Crippen LogP contribution < -0.4 is 24.2 Å². The number of carbonyl (C=O) groups is 1. The van der Waals surface area contributed by atoms with Crippen LogP contribution in [-0.4, -0.2) is 41.7 Å². The van der Waals surface area contributed by atoms with Gasteiger partial charge in [0.15, 0.2) is 0 Å². The zero-order chi connectivity index (χ0) is 20.9. The molecule has 0 radical (unpaired) electrons. The van der Waals surface area contributed by atoms with E-state index in [1.165, 1.54) is 46.5 Å². The molecule has 0 aliphatic rings. The van der Waals surface area contributed by atoms with Crippen molar-refractivity contribution in [2.75, 3.05) is 26.6 Å². The van der Waals surface area contributed by atoms with Gasteiger partial charge in [0.05, 0.1) is 33.1 Å². The Kier molecular flexibility index (Phi) is 7.11. The van der Waals surface area contributed by atoms with Gasteiger partial charge in [-0.3, -0.25) is 4.79 Å². The van der Waals surface area contributed by atoms with Gasteiger partial charge in [-0.2, -0.15) is 4.72 Å². The van der Waals surface area contributed by atoms with Crippen LogP contribution in [0.2, 0.25) is 5.02 Å². The van der Waals surface area contributed by atoms with Crippen LogP contribution in [0.15, 0.2) is 41.3 Å². The van der Waals surface area contributed by atoms with Gasteiger partial charge in [-0.1, -0.05) is 11.6 Å². The van der Waals surface area contributed by atoms with Crippen molar-refractivity contribution in [3.63, 3.8) is 0 Å². The van der Waals surface area contributed by atoms with Gasteiger partial charge >= 0.3 is 0 Å². The number of ether oxygens (including phenoxy) is 3. The second-order valence-electron chi connectivity index (χ2n) is 5.69. The summed E-state index contributed by atoms with van der Waals surface area (Å²) in [6.45, 7) is 1.41. The first-order valence-corrected chi connectivity index (χ1v) is 9.96. The summed E-state index contributed by atoms with van der Waals surface area (Å²) in [5, 5.41) is 2.84. The lowest BCUT2D eigenvalue weighted by Gasteiger charge is -2.17. The summed E-state index contributed by atoms with van der Waals surface area (Å²) in [6.07, 6.45) is 0. The number of carbonyl (C=O) groups excluding carboxylic acids is 1. The molecular formula is C18H21ClN2O6S. The molecule has 0 saturated heterocycles. The Morgan fingerprint density at radius 1 is 1.00 bits per heavy atom. The molecule has 0 unspecified atom stereocenters. The fourth-order valence-corrected chi connectivity index (χ4v) is 4.00. The van der Waals surface area contributed by atoms with E-state index in [9.17, 15) is 13.2 Å². The fraction of sp³-hybridized carbons (Fsp3) is 0.278. The summed E-state index contributed by atoms with van der Waals surface area (Å²) in [5.41, 5.74) is 0.346. The number of methoxy groups -OCH3 is 3. The van der Waals surface area contributed by atoms with Gasteiger partial charge in [0.1, 0.15) is 22.1 Å². The fourth-order valence-electron chi connectivity index (χ4n) is 2.36. The number of hydrogen-bond acceptors (Lipinski definition) is 6. The van der Waals surface area contributed by atoms with Crippen LogP contribution in [0.25, 0.3) is 0 Å². The minimum absolute atomic E-state index is 0.110. The van der Waals surface area contributed by atoms with Crippen LogP contribution in [0, 0.1) is 0 Å². The van der Waals surface area contributed by atoms with E-state index in [2.05, 4.69) is 10.0 Å². The number of benzene rings is 2. The van der Waals surface area contributed by atoms with E-state index in [1.807, 2.05) is 0 Å². The van der Waals surface area contributed by atoms with Gasteiger partial charge in [-0.25, -0.2) is 8.42 Å². The highest BCUT2D eigenvalue weighted by atomic mass is 35.5. The molecule has 0 aliphatic heterocycles. The van der Waals surface area contributed by atoms with E-state index in [-0.39, 0.29) is 15.7 Å². The van der Waals surface area contributed by atoms with Crippen molar-refractivity contribution in [1.29, 1.82) is 0 Å². The molecule has 2 aromatic carbocycles. The van der Waals surface area contributed by atoms with Gasteiger partial charge < -0.3 is 19.5 Å². The maximum Gasteiger partial charge on any atom is 0.245 e. The Hall–Kier alpha value is -2.49. The standard InChI is InChI=1S/C18H21ClN2O6S/c1-11(18(22)20-14-10-13(25-2)6-8-15(14)26-3)21-28(23,24)17-9-12(19)5-7-16(17)27-4/h5-11,21H,1-4H3,(H,20,22)/t11-/m1/s1. The molecule has 2 aromatic rings. The van der Waals surface area contributed by atoms with Crippen LogP contribution >= 0.6 is 11.6 Å². The summed E-state index contributed by atoms with van der Waals surface area (Å²) < 4.78 is 43.1. The number of amides is 1. The van der Waals surface area contributed by atoms with Crippen LogP contribution in [0.3, 0.4) is 0 Å². The molecule has 152 valence electrons. The molecule has 0 heterocycles. The predicted octanol–water partition coefficient (Wildman–Crippen LogP) is 2.67. The van der Waals surface area contributed by atoms with E-state index in [0.717, 1.165) is 0 Å². The summed E-state index contributed by atoms with van der Waals surface area (Å²) >= 11 is 5.90. The summed E-state index contributed by atoms with van der Waals surface area (Å²) in [6, 6.07) is 7.96. The first-order valence-electron chi connectivity index (χ1n) is 8.10. The Bertz CT molecular complexity index is 965. The molecule has 1 amide bonds. The molecule has 0 saturated carbocycles. The highest BCUT2D eigenvalue weighted by Gasteiger charge is 2.26. The summed E-state index contributed by atoms with van der Waals surface area (Å²) in [4.78, 5) is 12.4. The first-order chi connectivity index (χ1) is 13.2. The molecule has 0 bridgehead atoms. The van der Waals surface area contributed by atoms with Crippen LogP contribution in [-0.2, 0) is 14.8 Å². The highest BCUT2D eigenvalue weighted by molar-refractivity contribution is 7.89. The molecule has 1 atom stereocenters. The second kappa shape index (κ2) is 9.13. The maximum absolute atomic E-state index is 12.7. The lowest BCUT2D eigenvalue weighted by Crippen LogP contribution is -2.41. The highest BCUT2D eigenvalue weighted by Crippen LogP contribution is 2.29. The maximum atomic E-state index is 12.7. The number of nitrogens with one attached hydrogen (secondary N) is 2. The zero-order valence-electron chi connectivity index (χ0n) is 15.8. The molecular weight excluding hydrogens is 408 g/mol. The second-order valence-corrected chi connectivity index (χ2v) is 7.81. The molecule has 0 aromatic heterocycles. The van der Waals surface area contributed by atoms with E-state index in [4.69, 9.17) is 25.8 Å².